The number of Topliss-reactive ketones (excluding diaryl/α,β-unsaturated/α-hetero) is 1. The highest BCUT2D eigenvalue weighted by Gasteiger charge is 2.23. The molecule has 0 amide bonds. The first-order chi connectivity index (χ1) is 16.4. The van der Waals surface area contributed by atoms with Crippen molar-refractivity contribution in [3.8, 4) is 11.1 Å². The van der Waals surface area contributed by atoms with Crippen molar-refractivity contribution < 1.29 is 28.6 Å². The van der Waals surface area contributed by atoms with Gasteiger partial charge in [0.15, 0.2) is 11.4 Å². The van der Waals surface area contributed by atoms with Crippen molar-refractivity contribution in [3.05, 3.63) is 78.1 Å². The van der Waals surface area contributed by atoms with Crippen LogP contribution in [-0.2, 0) is 0 Å². The lowest BCUT2D eigenvalue weighted by atomic mass is 9.94. The summed E-state index contributed by atoms with van der Waals surface area (Å²) in [5, 5.41) is 17.0. The molecule has 3 N–H and O–H groups in total. The fourth-order valence-electron chi connectivity index (χ4n) is 4.07. The van der Waals surface area contributed by atoms with Crippen LogP contribution in [0.2, 0.25) is 0 Å². The highest BCUT2D eigenvalue weighted by Crippen LogP contribution is 2.30. The van der Waals surface area contributed by atoms with Crippen LogP contribution >= 0.6 is 0 Å². The van der Waals surface area contributed by atoms with Gasteiger partial charge in [0.25, 0.3) is 6.01 Å². The minimum absolute atomic E-state index is 0.199. The first-order valence-electron chi connectivity index (χ1n) is 10.9. The van der Waals surface area contributed by atoms with Crippen molar-refractivity contribution in [2.75, 3.05) is 5.32 Å². The molecule has 0 bridgehead atoms. The van der Waals surface area contributed by atoms with E-state index < -0.39 is 6.16 Å². The van der Waals surface area contributed by atoms with Gasteiger partial charge >= 0.3 is 6.16 Å². The number of oxazole rings is 1. The van der Waals surface area contributed by atoms with Crippen molar-refractivity contribution in [2.24, 2.45) is 5.92 Å². The van der Waals surface area contributed by atoms with E-state index in [1.54, 1.807) is 6.07 Å². The van der Waals surface area contributed by atoms with Gasteiger partial charge in [-0.1, -0.05) is 49.2 Å². The maximum absolute atomic E-state index is 13.3. The van der Waals surface area contributed by atoms with E-state index in [1.807, 2.05) is 48.5 Å². The van der Waals surface area contributed by atoms with Gasteiger partial charge in [0.1, 0.15) is 11.3 Å². The fraction of sp³-hybridized carbons (Fsp3) is 0.192. The third kappa shape index (κ3) is 5.58. The zero-order chi connectivity index (χ0) is 24.1. The Bertz CT molecular complexity index is 1290. The summed E-state index contributed by atoms with van der Waals surface area (Å²) in [4.78, 5) is 25.4. The molecule has 5 rings (SSSR count). The summed E-state index contributed by atoms with van der Waals surface area (Å²) in [6.45, 7) is 0. The van der Waals surface area contributed by atoms with Gasteiger partial charge in [-0.2, -0.15) is 4.98 Å². The van der Waals surface area contributed by atoms with Gasteiger partial charge in [0.2, 0.25) is 0 Å². The highest BCUT2D eigenvalue weighted by atomic mass is 19.1. The Kier molecular flexibility index (Phi) is 6.87. The number of fused-ring (bicyclic) bond motifs is 1. The topological polar surface area (TPSA) is 113 Å². The normalized spacial score (nSPS) is 13.3. The van der Waals surface area contributed by atoms with Crippen LogP contribution < -0.4 is 5.32 Å². The molecule has 34 heavy (non-hydrogen) atoms. The molecule has 1 saturated carbocycles. The Morgan fingerprint density at radius 3 is 2.12 bits per heavy atom. The number of carbonyl (C=O) groups excluding carboxylic acids is 1. The molecule has 4 aromatic rings. The zero-order valence-electron chi connectivity index (χ0n) is 18.2. The number of ketones is 1. The molecule has 1 aliphatic carbocycles. The SMILES string of the molecule is O=C(O)O.O=C(c1ccc(-c2ccc(Nc3nc4ccc(F)cc4o3)cc2)cc1)C1CCCC1. The van der Waals surface area contributed by atoms with Gasteiger partial charge in [0.05, 0.1) is 0 Å². The summed E-state index contributed by atoms with van der Waals surface area (Å²) in [6.07, 6.45) is 2.53. The second-order valence-corrected chi connectivity index (χ2v) is 8.04. The number of rotatable bonds is 5. The van der Waals surface area contributed by atoms with Gasteiger partial charge in [0, 0.05) is 23.2 Å². The lowest BCUT2D eigenvalue weighted by Gasteiger charge is -2.09. The van der Waals surface area contributed by atoms with Crippen molar-refractivity contribution in [1.29, 1.82) is 0 Å². The molecule has 0 unspecified atom stereocenters. The van der Waals surface area contributed by atoms with Crippen LogP contribution in [0.3, 0.4) is 0 Å². The standard InChI is InChI=1S/C25H21FN2O2.CH2O3/c26-20-11-14-22-23(15-20)30-25(28-22)27-21-12-9-17(10-13-21)16-5-7-19(8-6-16)24(29)18-3-1-2-4-18;2-1(3)4/h5-15,18H,1-4H2,(H,27,28);(H2,2,3,4). The number of halogens is 1. The van der Waals surface area contributed by atoms with E-state index in [4.69, 9.17) is 19.4 Å². The number of hydrogen-bond donors (Lipinski definition) is 3. The quantitative estimate of drug-likeness (QED) is 0.274. The van der Waals surface area contributed by atoms with Gasteiger partial charge in [-0.15, -0.1) is 0 Å². The number of nitrogens with zero attached hydrogens (tertiary/aromatic N) is 1. The number of anilines is 2. The molecule has 8 heteroatoms. The minimum Gasteiger partial charge on any atom is -0.450 e. The smallest absolute Gasteiger partial charge is 0.450 e. The number of carboxylic acid groups (broad SMARTS) is 2. The number of benzene rings is 3. The van der Waals surface area contributed by atoms with Gasteiger partial charge in [-0.25, -0.2) is 9.18 Å². The molecule has 1 heterocycles. The lowest BCUT2D eigenvalue weighted by Crippen LogP contribution is -2.10. The van der Waals surface area contributed by atoms with E-state index in [9.17, 15) is 9.18 Å². The molecule has 0 spiro atoms. The Morgan fingerprint density at radius 2 is 1.50 bits per heavy atom. The molecule has 3 aromatic carbocycles. The molecule has 7 nitrogen and oxygen atoms in total. The number of carbonyl (C=O) groups is 2. The zero-order valence-corrected chi connectivity index (χ0v) is 18.2. The molecule has 0 saturated heterocycles. The fourth-order valence-corrected chi connectivity index (χ4v) is 4.07. The second kappa shape index (κ2) is 10.2. The van der Waals surface area contributed by atoms with Crippen LogP contribution in [-0.4, -0.2) is 27.1 Å². The molecule has 1 aromatic heterocycles. The van der Waals surface area contributed by atoms with E-state index >= 15 is 0 Å². The number of aromatic nitrogens is 1. The van der Waals surface area contributed by atoms with E-state index in [0.29, 0.717) is 17.1 Å². The summed E-state index contributed by atoms with van der Waals surface area (Å²) >= 11 is 0. The van der Waals surface area contributed by atoms with E-state index in [0.717, 1.165) is 48.1 Å². The van der Waals surface area contributed by atoms with Gasteiger partial charge in [-0.05, 0) is 48.2 Å². The molecule has 0 atom stereocenters. The molecule has 0 aliphatic heterocycles. The average Bonchev–Trinajstić information content (AvgIpc) is 3.48. The van der Waals surface area contributed by atoms with Crippen molar-refractivity contribution in [3.63, 3.8) is 0 Å². The summed E-state index contributed by atoms with van der Waals surface area (Å²) in [5.74, 6) is 0.117. The predicted molar refractivity (Wildman–Crippen MR) is 126 cm³/mol. The van der Waals surface area contributed by atoms with E-state index in [1.165, 1.54) is 12.1 Å². The largest absolute Gasteiger partial charge is 0.503 e. The molecule has 1 fully saturated rings. The third-order valence-electron chi connectivity index (χ3n) is 5.72. The molecular weight excluding hydrogens is 439 g/mol. The summed E-state index contributed by atoms with van der Waals surface area (Å²) in [5.41, 5.74) is 4.74. The molecule has 1 aliphatic rings. The van der Waals surface area contributed by atoms with Crippen LogP contribution in [0.1, 0.15) is 36.0 Å². The summed E-state index contributed by atoms with van der Waals surface area (Å²) in [7, 11) is 0. The van der Waals surface area contributed by atoms with Gasteiger partial charge < -0.3 is 19.9 Å². The van der Waals surface area contributed by atoms with Crippen LogP contribution in [0.25, 0.3) is 22.2 Å². The molecule has 0 radical (unpaired) electrons. The number of nitrogens with one attached hydrogen (secondary N) is 1. The Morgan fingerprint density at radius 1 is 0.912 bits per heavy atom. The minimum atomic E-state index is -1.83. The molecular formula is C26H23FN2O5. The van der Waals surface area contributed by atoms with Crippen LogP contribution in [0.15, 0.2) is 71.1 Å². The Labute approximate surface area is 194 Å². The van der Waals surface area contributed by atoms with Crippen molar-refractivity contribution >= 4 is 34.7 Å². The molecule has 174 valence electrons. The Hall–Kier alpha value is -4.20. The third-order valence-corrected chi connectivity index (χ3v) is 5.72. The van der Waals surface area contributed by atoms with Gasteiger partial charge in [-0.3, -0.25) is 4.79 Å². The van der Waals surface area contributed by atoms with Crippen LogP contribution in [0, 0.1) is 11.7 Å². The maximum atomic E-state index is 13.3. The van der Waals surface area contributed by atoms with Crippen LogP contribution in [0.4, 0.5) is 20.9 Å². The van der Waals surface area contributed by atoms with E-state index in [2.05, 4.69) is 10.3 Å². The predicted octanol–water partition coefficient (Wildman–Crippen LogP) is 6.97. The first kappa shape index (κ1) is 23.0. The van der Waals surface area contributed by atoms with Crippen molar-refractivity contribution in [1.82, 2.24) is 4.98 Å². The second-order valence-electron chi connectivity index (χ2n) is 8.04. The lowest BCUT2D eigenvalue weighted by molar-refractivity contribution is 0.0922. The van der Waals surface area contributed by atoms with Crippen LogP contribution in [0.5, 0.6) is 0 Å². The van der Waals surface area contributed by atoms with E-state index in [-0.39, 0.29) is 17.5 Å². The average molecular weight is 462 g/mol. The Balaban J connectivity index is 0.000000636. The first-order valence-corrected chi connectivity index (χ1v) is 10.9. The highest BCUT2D eigenvalue weighted by molar-refractivity contribution is 5.98. The summed E-state index contributed by atoms with van der Waals surface area (Å²) in [6, 6.07) is 20.3. The van der Waals surface area contributed by atoms with Crippen molar-refractivity contribution in [2.45, 2.75) is 25.7 Å². The maximum Gasteiger partial charge on any atom is 0.503 e. The summed E-state index contributed by atoms with van der Waals surface area (Å²) < 4.78 is 18.9. The monoisotopic (exact) mass is 462 g/mol. The number of hydrogen-bond acceptors (Lipinski definition) is 5.